The van der Waals surface area contributed by atoms with Crippen molar-refractivity contribution >= 4 is 41.0 Å². The lowest BCUT2D eigenvalue weighted by atomic mass is 10.1. The van der Waals surface area contributed by atoms with Crippen molar-refractivity contribution in [2.75, 3.05) is 5.75 Å². The van der Waals surface area contributed by atoms with Gasteiger partial charge in [-0.05, 0) is 36.8 Å². The van der Waals surface area contributed by atoms with E-state index in [1.165, 1.54) is 6.07 Å². The van der Waals surface area contributed by atoms with Gasteiger partial charge in [0.1, 0.15) is 5.82 Å². The number of hydrogen-bond donors (Lipinski definition) is 1. The average molecular weight is 364 g/mol. The van der Waals surface area contributed by atoms with Gasteiger partial charge in [-0.2, -0.15) is 0 Å². The molecule has 0 saturated heterocycles. The standard InChI is InChI=1S/C18H14FNO2S.ClH/c1-11-8-16(20-15-5-3-2-4-13(11)15)12-6-7-17(14(19)9-12)23-10-18(21)22;/h2-9H,10H2,1H3,(H,21,22);1H. The van der Waals surface area contributed by atoms with Crippen molar-refractivity contribution in [2.24, 2.45) is 0 Å². The zero-order chi connectivity index (χ0) is 16.4. The second-order valence-corrected chi connectivity index (χ2v) is 6.19. The Morgan fingerprint density at radius 3 is 2.67 bits per heavy atom. The molecule has 1 aromatic heterocycles. The van der Waals surface area contributed by atoms with Gasteiger partial charge in [-0.25, -0.2) is 9.37 Å². The molecule has 3 aromatic rings. The van der Waals surface area contributed by atoms with Crippen LogP contribution >= 0.6 is 24.2 Å². The van der Waals surface area contributed by atoms with Gasteiger partial charge in [0.05, 0.1) is 17.0 Å². The molecule has 0 unspecified atom stereocenters. The van der Waals surface area contributed by atoms with Gasteiger partial charge in [0.25, 0.3) is 0 Å². The molecular weight excluding hydrogens is 349 g/mol. The number of halogens is 2. The van der Waals surface area contributed by atoms with Crippen molar-refractivity contribution in [1.29, 1.82) is 0 Å². The predicted octanol–water partition coefficient (Wildman–Crippen LogP) is 4.95. The Bertz CT molecular complexity index is 901. The van der Waals surface area contributed by atoms with Crippen LogP contribution < -0.4 is 0 Å². The lowest BCUT2D eigenvalue weighted by Gasteiger charge is -2.08. The molecule has 0 aliphatic rings. The highest BCUT2D eigenvalue weighted by molar-refractivity contribution is 8.00. The van der Waals surface area contributed by atoms with E-state index < -0.39 is 11.8 Å². The topological polar surface area (TPSA) is 50.2 Å². The Morgan fingerprint density at radius 2 is 1.96 bits per heavy atom. The largest absolute Gasteiger partial charge is 0.481 e. The summed E-state index contributed by atoms with van der Waals surface area (Å²) in [4.78, 5) is 15.5. The van der Waals surface area contributed by atoms with Gasteiger partial charge in [0.15, 0.2) is 0 Å². The molecule has 6 heteroatoms. The summed E-state index contributed by atoms with van der Waals surface area (Å²) < 4.78 is 14.2. The zero-order valence-corrected chi connectivity index (χ0v) is 14.5. The summed E-state index contributed by atoms with van der Waals surface area (Å²) in [5.74, 6) is -1.56. The van der Waals surface area contributed by atoms with Gasteiger partial charge in [0.2, 0.25) is 0 Å². The van der Waals surface area contributed by atoms with Crippen LogP contribution in [0.15, 0.2) is 53.4 Å². The number of carbonyl (C=O) groups is 1. The summed E-state index contributed by atoms with van der Waals surface area (Å²) in [6, 6.07) is 14.5. The van der Waals surface area contributed by atoms with Crippen molar-refractivity contribution in [3.8, 4) is 11.3 Å². The van der Waals surface area contributed by atoms with Gasteiger partial charge in [-0.3, -0.25) is 4.79 Å². The number of aryl methyl sites for hydroxylation is 1. The van der Waals surface area contributed by atoms with Crippen LogP contribution in [0, 0.1) is 12.7 Å². The maximum Gasteiger partial charge on any atom is 0.313 e. The van der Waals surface area contributed by atoms with Crippen LogP contribution in [0.4, 0.5) is 4.39 Å². The van der Waals surface area contributed by atoms with Crippen molar-refractivity contribution < 1.29 is 14.3 Å². The third-order valence-electron chi connectivity index (χ3n) is 3.50. The Labute approximate surface area is 149 Å². The van der Waals surface area contributed by atoms with E-state index in [1.54, 1.807) is 12.1 Å². The lowest BCUT2D eigenvalue weighted by Crippen LogP contribution is -1.98. The molecule has 1 N–H and O–H groups in total. The number of nitrogens with zero attached hydrogens (tertiary/aromatic N) is 1. The predicted molar refractivity (Wildman–Crippen MR) is 97.5 cm³/mol. The summed E-state index contributed by atoms with van der Waals surface area (Å²) in [5.41, 5.74) is 3.33. The minimum Gasteiger partial charge on any atom is -0.481 e. The minimum atomic E-state index is -0.967. The number of aliphatic carboxylic acids is 1. The second-order valence-electron chi connectivity index (χ2n) is 5.17. The Kier molecular flexibility index (Phi) is 5.80. The number of hydrogen-bond acceptors (Lipinski definition) is 3. The molecule has 3 nitrogen and oxygen atoms in total. The SMILES string of the molecule is Cc1cc(-c2ccc(SCC(=O)O)c(F)c2)nc2ccccc12.Cl. The van der Waals surface area contributed by atoms with E-state index in [0.29, 0.717) is 16.2 Å². The van der Waals surface area contributed by atoms with Crippen molar-refractivity contribution in [3.05, 3.63) is 59.9 Å². The van der Waals surface area contributed by atoms with E-state index in [0.717, 1.165) is 28.2 Å². The van der Waals surface area contributed by atoms with Crippen LogP contribution in [0.2, 0.25) is 0 Å². The summed E-state index contributed by atoms with van der Waals surface area (Å²) in [6.07, 6.45) is 0. The number of carboxylic acid groups (broad SMARTS) is 1. The molecule has 24 heavy (non-hydrogen) atoms. The first kappa shape index (κ1) is 18.2. The first-order valence-corrected chi connectivity index (χ1v) is 8.04. The number of pyridine rings is 1. The van der Waals surface area contributed by atoms with Crippen LogP contribution in [-0.2, 0) is 4.79 Å². The molecule has 0 fully saturated rings. The molecule has 0 saturated carbocycles. The van der Waals surface area contributed by atoms with Gasteiger partial charge in [-0.1, -0.05) is 24.3 Å². The van der Waals surface area contributed by atoms with Crippen LogP contribution in [0.25, 0.3) is 22.2 Å². The molecule has 0 atom stereocenters. The molecule has 3 rings (SSSR count). The monoisotopic (exact) mass is 363 g/mol. The fourth-order valence-electron chi connectivity index (χ4n) is 2.41. The first-order valence-electron chi connectivity index (χ1n) is 7.05. The molecule has 2 aromatic carbocycles. The number of benzene rings is 2. The second kappa shape index (κ2) is 7.64. The fraction of sp³-hybridized carbons (Fsp3) is 0.111. The molecule has 0 radical (unpaired) electrons. The summed E-state index contributed by atoms with van der Waals surface area (Å²) in [5, 5.41) is 9.75. The minimum absolute atomic E-state index is 0. The molecule has 0 amide bonds. The Morgan fingerprint density at radius 1 is 1.21 bits per heavy atom. The summed E-state index contributed by atoms with van der Waals surface area (Å²) in [6.45, 7) is 2.00. The molecule has 124 valence electrons. The highest BCUT2D eigenvalue weighted by Crippen LogP contribution is 2.28. The normalized spacial score (nSPS) is 10.4. The van der Waals surface area contributed by atoms with Crippen LogP contribution in [0.3, 0.4) is 0 Å². The number of thioether (sulfide) groups is 1. The number of para-hydroxylation sites is 1. The molecule has 1 heterocycles. The highest BCUT2D eigenvalue weighted by atomic mass is 35.5. The van der Waals surface area contributed by atoms with Gasteiger partial charge in [0, 0.05) is 15.8 Å². The highest BCUT2D eigenvalue weighted by Gasteiger charge is 2.10. The maximum absolute atomic E-state index is 14.2. The molecule has 0 bridgehead atoms. The maximum atomic E-state index is 14.2. The third-order valence-corrected chi connectivity index (χ3v) is 4.54. The summed E-state index contributed by atoms with van der Waals surface area (Å²) in [7, 11) is 0. The number of carboxylic acids is 1. The van der Waals surface area contributed by atoms with E-state index in [9.17, 15) is 9.18 Å². The van der Waals surface area contributed by atoms with Gasteiger partial charge >= 0.3 is 5.97 Å². The van der Waals surface area contributed by atoms with Crippen molar-refractivity contribution in [3.63, 3.8) is 0 Å². The van der Waals surface area contributed by atoms with Crippen LogP contribution in [0.1, 0.15) is 5.56 Å². The van der Waals surface area contributed by atoms with E-state index in [2.05, 4.69) is 4.98 Å². The van der Waals surface area contributed by atoms with E-state index >= 15 is 0 Å². The van der Waals surface area contributed by atoms with Crippen molar-refractivity contribution in [2.45, 2.75) is 11.8 Å². The van der Waals surface area contributed by atoms with E-state index in [4.69, 9.17) is 5.11 Å². The molecule has 0 aliphatic heterocycles. The smallest absolute Gasteiger partial charge is 0.313 e. The number of rotatable bonds is 4. The zero-order valence-electron chi connectivity index (χ0n) is 12.8. The summed E-state index contributed by atoms with van der Waals surface area (Å²) >= 11 is 0.970. The van der Waals surface area contributed by atoms with Crippen LogP contribution in [0.5, 0.6) is 0 Å². The van der Waals surface area contributed by atoms with Crippen LogP contribution in [-0.4, -0.2) is 21.8 Å². The fourth-order valence-corrected chi connectivity index (χ4v) is 3.05. The Balaban J connectivity index is 0.00000208. The number of aromatic nitrogens is 1. The molecule has 0 spiro atoms. The van der Waals surface area contributed by atoms with E-state index in [-0.39, 0.29) is 18.2 Å². The van der Waals surface area contributed by atoms with E-state index in [1.807, 2.05) is 37.3 Å². The number of fused-ring (bicyclic) bond motifs is 1. The average Bonchev–Trinajstić information content (AvgIpc) is 2.53. The van der Waals surface area contributed by atoms with Gasteiger partial charge < -0.3 is 5.11 Å². The Hall–Kier alpha value is -2.11. The first-order chi connectivity index (χ1) is 11.0. The molecular formula is C18H15ClFNO2S. The lowest BCUT2D eigenvalue weighted by molar-refractivity contribution is -0.133. The van der Waals surface area contributed by atoms with Gasteiger partial charge in [-0.15, -0.1) is 24.2 Å². The third kappa shape index (κ3) is 3.86. The van der Waals surface area contributed by atoms with Crippen molar-refractivity contribution in [1.82, 2.24) is 4.98 Å². The quantitative estimate of drug-likeness (QED) is 0.666. The molecule has 0 aliphatic carbocycles.